The number of hydrogen-bond acceptors (Lipinski definition) is 3. The van der Waals surface area contributed by atoms with Crippen molar-refractivity contribution in [3.63, 3.8) is 0 Å². The first-order valence-corrected chi connectivity index (χ1v) is 7.18. The fourth-order valence-electron chi connectivity index (χ4n) is 2.92. The molecule has 3 heteroatoms. The molecule has 1 fully saturated rings. The van der Waals surface area contributed by atoms with Gasteiger partial charge in [-0.25, -0.2) is 0 Å². The minimum Gasteiger partial charge on any atom is -0.387 e. The smallest absolute Gasteiger partial charge is 0.0917 e. The van der Waals surface area contributed by atoms with Gasteiger partial charge >= 0.3 is 0 Å². The summed E-state index contributed by atoms with van der Waals surface area (Å²) in [4.78, 5) is 2.27. The van der Waals surface area contributed by atoms with Crippen LogP contribution in [-0.4, -0.2) is 42.9 Å². The minimum atomic E-state index is -0.435. The first-order valence-electron chi connectivity index (χ1n) is 7.18. The maximum atomic E-state index is 10.4. The number of nitrogens with zero attached hydrogens (tertiary/aromatic N) is 1. The molecule has 1 aliphatic heterocycles. The third-order valence-electron chi connectivity index (χ3n) is 4.15. The Kier molecular flexibility index (Phi) is 4.01. The Labute approximate surface area is 119 Å². The van der Waals surface area contributed by atoms with Crippen molar-refractivity contribution in [1.29, 1.82) is 0 Å². The predicted molar refractivity (Wildman–Crippen MR) is 80.8 cm³/mol. The van der Waals surface area contributed by atoms with Gasteiger partial charge in [-0.1, -0.05) is 36.4 Å². The van der Waals surface area contributed by atoms with Crippen LogP contribution in [0.5, 0.6) is 0 Å². The molecule has 0 radical (unpaired) electrons. The van der Waals surface area contributed by atoms with Gasteiger partial charge in [-0.05, 0) is 28.8 Å². The predicted octanol–water partition coefficient (Wildman–Crippen LogP) is 2.59. The SMILES string of the molecule is COC1CCN(CC(O)c2ccc3ccccc3c2)C1. The summed E-state index contributed by atoms with van der Waals surface area (Å²) in [5.74, 6) is 0. The Morgan fingerprint density at radius 1 is 1.25 bits per heavy atom. The lowest BCUT2D eigenvalue weighted by atomic mass is 10.0. The average Bonchev–Trinajstić information content (AvgIpc) is 2.94. The number of fused-ring (bicyclic) bond motifs is 1. The van der Waals surface area contributed by atoms with Crippen molar-refractivity contribution in [3.8, 4) is 0 Å². The summed E-state index contributed by atoms with van der Waals surface area (Å²) in [5.41, 5.74) is 0.990. The number of hydrogen-bond donors (Lipinski definition) is 1. The van der Waals surface area contributed by atoms with Crippen LogP contribution >= 0.6 is 0 Å². The lowest BCUT2D eigenvalue weighted by Gasteiger charge is -2.20. The Balaban J connectivity index is 1.70. The zero-order valence-corrected chi connectivity index (χ0v) is 11.8. The van der Waals surface area contributed by atoms with Gasteiger partial charge < -0.3 is 9.84 Å². The number of aliphatic hydroxyl groups is 1. The van der Waals surface area contributed by atoms with Crippen molar-refractivity contribution in [1.82, 2.24) is 4.90 Å². The lowest BCUT2D eigenvalue weighted by molar-refractivity contribution is 0.0898. The molecular weight excluding hydrogens is 250 g/mol. The average molecular weight is 271 g/mol. The van der Waals surface area contributed by atoms with Gasteiger partial charge in [-0.15, -0.1) is 0 Å². The van der Waals surface area contributed by atoms with Gasteiger partial charge in [0.25, 0.3) is 0 Å². The zero-order chi connectivity index (χ0) is 13.9. The van der Waals surface area contributed by atoms with Crippen LogP contribution in [0.1, 0.15) is 18.1 Å². The van der Waals surface area contributed by atoms with E-state index in [9.17, 15) is 5.11 Å². The number of rotatable bonds is 4. The van der Waals surface area contributed by atoms with E-state index in [4.69, 9.17) is 4.74 Å². The largest absolute Gasteiger partial charge is 0.387 e. The summed E-state index contributed by atoms with van der Waals surface area (Å²) in [6.45, 7) is 2.60. The normalized spacial score (nSPS) is 21.4. The number of aliphatic hydroxyl groups excluding tert-OH is 1. The highest BCUT2D eigenvalue weighted by molar-refractivity contribution is 5.83. The highest BCUT2D eigenvalue weighted by atomic mass is 16.5. The summed E-state index contributed by atoms with van der Waals surface area (Å²) in [6.07, 6.45) is 0.940. The summed E-state index contributed by atoms with van der Waals surface area (Å²) < 4.78 is 5.36. The number of β-amino-alcohol motifs (C(OH)–C–C–N with tert-alkyl or cyclic N) is 1. The Morgan fingerprint density at radius 2 is 2.05 bits per heavy atom. The van der Waals surface area contributed by atoms with Crippen LogP contribution in [0.3, 0.4) is 0 Å². The maximum Gasteiger partial charge on any atom is 0.0917 e. The van der Waals surface area contributed by atoms with Gasteiger partial charge in [0.2, 0.25) is 0 Å². The molecule has 0 saturated carbocycles. The van der Waals surface area contributed by atoms with Crippen LogP contribution in [0.15, 0.2) is 42.5 Å². The van der Waals surface area contributed by atoms with Crippen LogP contribution in [0.25, 0.3) is 10.8 Å². The summed E-state index contributed by atoms with van der Waals surface area (Å²) in [5, 5.41) is 12.8. The molecule has 1 heterocycles. The van der Waals surface area contributed by atoms with Gasteiger partial charge in [-0.3, -0.25) is 4.90 Å². The Bertz CT molecular complexity index is 584. The number of likely N-dealkylation sites (tertiary alicyclic amines) is 1. The molecule has 2 atom stereocenters. The monoisotopic (exact) mass is 271 g/mol. The molecule has 3 nitrogen and oxygen atoms in total. The Morgan fingerprint density at radius 3 is 2.80 bits per heavy atom. The maximum absolute atomic E-state index is 10.4. The summed E-state index contributed by atoms with van der Waals surface area (Å²) >= 11 is 0. The molecule has 2 unspecified atom stereocenters. The molecule has 106 valence electrons. The molecular formula is C17H21NO2. The molecule has 0 amide bonds. The highest BCUT2D eigenvalue weighted by Gasteiger charge is 2.24. The molecule has 1 saturated heterocycles. The first-order chi connectivity index (χ1) is 9.76. The van der Waals surface area contributed by atoms with Gasteiger partial charge in [-0.2, -0.15) is 0 Å². The van der Waals surface area contributed by atoms with Gasteiger partial charge in [0.1, 0.15) is 0 Å². The van der Waals surface area contributed by atoms with E-state index in [1.54, 1.807) is 7.11 Å². The molecule has 0 spiro atoms. The summed E-state index contributed by atoms with van der Waals surface area (Å²) in [6, 6.07) is 14.4. The van der Waals surface area contributed by atoms with E-state index in [0.29, 0.717) is 12.6 Å². The van der Waals surface area contributed by atoms with Crippen molar-refractivity contribution in [2.75, 3.05) is 26.7 Å². The van der Waals surface area contributed by atoms with Crippen molar-refractivity contribution in [3.05, 3.63) is 48.0 Å². The van der Waals surface area contributed by atoms with Crippen molar-refractivity contribution in [2.45, 2.75) is 18.6 Å². The molecule has 2 aromatic carbocycles. The van der Waals surface area contributed by atoms with Crippen LogP contribution in [-0.2, 0) is 4.74 Å². The molecule has 20 heavy (non-hydrogen) atoms. The fraction of sp³-hybridized carbons (Fsp3) is 0.412. The quantitative estimate of drug-likeness (QED) is 0.927. The third kappa shape index (κ3) is 2.85. The minimum absolute atomic E-state index is 0.318. The number of ether oxygens (including phenoxy) is 1. The van der Waals surface area contributed by atoms with Gasteiger partial charge in [0.05, 0.1) is 12.2 Å². The molecule has 0 aromatic heterocycles. The van der Waals surface area contributed by atoms with Crippen LogP contribution in [0.4, 0.5) is 0 Å². The molecule has 0 aliphatic carbocycles. The van der Waals surface area contributed by atoms with E-state index in [1.165, 1.54) is 10.8 Å². The third-order valence-corrected chi connectivity index (χ3v) is 4.15. The molecule has 3 rings (SSSR count). The second-order valence-corrected chi connectivity index (χ2v) is 5.53. The van der Waals surface area contributed by atoms with E-state index in [1.807, 2.05) is 18.2 Å². The molecule has 1 aliphatic rings. The van der Waals surface area contributed by atoms with Crippen LogP contribution < -0.4 is 0 Å². The molecule has 2 aromatic rings. The van der Waals surface area contributed by atoms with Gasteiger partial charge in [0, 0.05) is 26.7 Å². The second-order valence-electron chi connectivity index (χ2n) is 5.53. The second kappa shape index (κ2) is 5.92. The van der Waals surface area contributed by atoms with Crippen LogP contribution in [0, 0.1) is 0 Å². The number of methoxy groups -OCH3 is 1. The van der Waals surface area contributed by atoms with E-state index in [0.717, 1.165) is 25.1 Å². The topological polar surface area (TPSA) is 32.7 Å². The van der Waals surface area contributed by atoms with E-state index < -0.39 is 6.10 Å². The van der Waals surface area contributed by atoms with Crippen LogP contribution in [0.2, 0.25) is 0 Å². The van der Waals surface area contributed by atoms with E-state index in [2.05, 4.69) is 29.2 Å². The zero-order valence-electron chi connectivity index (χ0n) is 11.8. The standard InChI is InChI=1S/C17H21NO2/c1-20-16-8-9-18(11-16)12-17(19)15-7-6-13-4-2-3-5-14(13)10-15/h2-7,10,16-17,19H,8-9,11-12H2,1H3. The first kappa shape index (κ1) is 13.6. The van der Waals surface area contributed by atoms with Crippen molar-refractivity contribution >= 4 is 10.8 Å². The van der Waals surface area contributed by atoms with E-state index in [-0.39, 0.29) is 0 Å². The summed E-state index contributed by atoms with van der Waals surface area (Å²) in [7, 11) is 1.76. The number of benzene rings is 2. The van der Waals surface area contributed by atoms with Crippen molar-refractivity contribution in [2.24, 2.45) is 0 Å². The van der Waals surface area contributed by atoms with Gasteiger partial charge in [0.15, 0.2) is 0 Å². The highest BCUT2D eigenvalue weighted by Crippen LogP contribution is 2.22. The lowest BCUT2D eigenvalue weighted by Crippen LogP contribution is -2.27. The fourth-order valence-corrected chi connectivity index (χ4v) is 2.92. The Hall–Kier alpha value is -1.42. The molecule has 1 N–H and O–H groups in total. The van der Waals surface area contributed by atoms with E-state index >= 15 is 0 Å². The molecule has 0 bridgehead atoms. The van der Waals surface area contributed by atoms with Crippen molar-refractivity contribution < 1.29 is 9.84 Å².